The van der Waals surface area contributed by atoms with Gasteiger partial charge in [-0.2, -0.15) is 0 Å². The lowest BCUT2D eigenvalue weighted by atomic mass is 10.1. The number of aromatic nitrogens is 2. The molecule has 3 aromatic rings. The molecule has 0 N–H and O–H groups in total. The molecule has 0 aliphatic rings. The van der Waals surface area contributed by atoms with Crippen molar-refractivity contribution in [1.82, 2.24) is 15.0 Å². The van der Waals surface area contributed by atoms with Gasteiger partial charge in [-0.25, -0.2) is 4.98 Å². The molecular formula is C18H20ClN3O2. The van der Waals surface area contributed by atoms with Gasteiger partial charge in [-0.05, 0) is 52.1 Å². The summed E-state index contributed by atoms with van der Waals surface area (Å²) >= 11 is 5.95. The molecule has 1 aromatic carbocycles. The Kier molecular flexibility index (Phi) is 4.73. The van der Waals surface area contributed by atoms with Gasteiger partial charge in [-0.15, -0.1) is 0 Å². The van der Waals surface area contributed by atoms with E-state index in [9.17, 15) is 0 Å². The van der Waals surface area contributed by atoms with E-state index in [0.717, 1.165) is 28.5 Å². The molecule has 2 aromatic heterocycles. The first kappa shape index (κ1) is 16.7. The minimum Gasteiger partial charge on any atom is -0.439 e. The second-order valence-electron chi connectivity index (χ2n) is 5.99. The lowest BCUT2D eigenvalue weighted by Crippen LogP contribution is -2.22. The standard InChI is InChI=1S/C18H20ClN3O2/c1-11-9-16(21-24-11)10-22(4)13(3)18-20-12(2)17(23-18)14-5-7-15(19)8-6-14/h5-9,13H,10H2,1-4H3/t13-/m1/s1. The van der Waals surface area contributed by atoms with Crippen molar-refractivity contribution in [2.24, 2.45) is 0 Å². The van der Waals surface area contributed by atoms with Crippen molar-refractivity contribution in [1.29, 1.82) is 0 Å². The maximum atomic E-state index is 6.03. The first-order valence-electron chi connectivity index (χ1n) is 7.79. The predicted molar refractivity (Wildman–Crippen MR) is 92.8 cm³/mol. The molecule has 2 heterocycles. The van der Waals surface area contributed by atoms with Crippen molar-refractivity contribution < 1.29 is 8.94 Å². The molecule has 0 saturated carbocycles. The monoisotopic (exact) mass is 345 g/mol. The summed E-state index contributed by atoms with van der Waals surface area (Å²) in [6.07, 6.45) is 0. The third kappa shape index (κ3) is 3.52. The van der Waals surface area contributed by atoms with Crippen LogP contribution in [0.3, 0.4) is 0 Å². The Morgan fingerprint density at radius 1 is 1.21 bits per heavy atom. The number of nitrogens with zero attached hydrogens (tertiary/aromatic N) is 3. The van der Waals surface area contributed by atoms with Crippen LogP contribution in [-0.2, 0) is 6.54 Å². The summed E-state index contributed by atoms with van der Waals surface area (Å²) in [7, 11) is 2.01. The first-order chi connectivity index (χ1) is 11.4. The van der Waals surface area contributed by atoms with E-state index < -0.39 is 0 Å². The Bertz CT molecular complexity index is 823. The number of halogens is 1. The Morgan fingerprint density at radius 3 is 2.54 bits per heavy atom. The van der Waals surface area contributed by atoms with Crippen LogP contribution in [0.5, 0.6) is 0 Å². The van der Waals surface area contributed by atoms with Gasteiger partial charge < -0.3 is 8.94 Å². The lowest BCUT2D eigenvalue weighted by Gasteiger charge is -2.20. The SMILES string of the molecule is Cc1cc(CN(C)[C@H](C)c2nc(C)c(-c3ccc(Cl)cc3)o2)no1. The van der Waals surface area contributed by atoms with Crippen molar-refractivity contribution >= 4 is 11.6 Å². The molecule has 5 nitrogen and oxygen atoms in total. The van der Waals surface area contributed by atoms with Crippen molar-refractivity contribution in [3.8, 4) is 11.3 Å². The highest BCUT2D eigenvalue weighted by molar-refractivity contribution is 6.30. The fourth-order valence-electron chi connectivity index (χ4n) is 2.54. The molecule has 0 fully saturated rings. The molecule has 6 heteroatoms. The van der Waals surface area contributed by atoms with E-state index in [2.05, 4.69) is 22.0 Å². The van der Waals surface area contributed by atoms with Crippen LogP contribution in [-0.4, -0.2) is 22.1 Å². The third-order valence-corrected chi connectivity index (χ3v) is 4.28. The maximum absolute atomic E-state index is 6.03. The normalized spacial score (nSPS) is 12.8. The molecule has 3 rings (SSSR count). The first-order valence-corrected chi connectivity index (χ1v) is 8.17. The molecule has 24 heavy (non-hydrogen) atoms. The highest BCUT2D eigenvalue weighted by atomic mass is 35.5. The summed E-state index contributed by atoms with van der Waals surface area (Å²) < 4.78 is 11.1. The number of hydrogen-bond donors (Lipinski definition) is 0. The van der Waals surface area contributed by atoms with Crippen LogP contribution >= 0.6 is 11.6 Å². The highest BCUT2D eigenvalue weighted by Gasteiger charge is 2.21. The number of hydrogen-bond acceptors (Lipinski definition) is 5. The van der Waals surface area contributed by atoms with Gasteiger partial charge in [0.2, 0.25) is 5.89 Å². The molecule has 126 valence electrons. The minimum atomic E-state index is 0.0155. The summed E-state index contributed by atoms with van der Waals surface area (Å²) in [6.45, 7) is 6.56. The third-order valence-electron chi connectivity index (χ3n) is 4.03. The van der Waals surface area contributed by atoms with Crippen LogP contribution in [0.1, 0.15) is 36.0 Å². The summed E-state index contributed by atoms with van der Waals surface area (Å²) in [5, 5.41) is 4.73. The van der Waals surface area contributed by atoms with Gasteiger partial charge in [0.1, 0.15) is 5.76 Å². The zero-order valence-corrected chi connectivity index (χ0v) is 15.0. The Balaban J connectivity index is 1.79. The van der Waals surface area contributed by atoms with Gasteiger partial charge in [-0.1, -0.05) is 16.8 Å². The quantitative estimate of drug-likeness (QED) is 0.665. The molecule has 0 aliphatic carbocycles. The lowest BCUT2D eigenvalue weighted by molar-refractivity contribution is 0.212. The van der Waals surface area contributed by atoms with E-state index >= 15 is 0 Å². The van der Waals surface area contributed by atoms with Crippen molar-refractivity contribution in [3.63, 3.8) is 0 Å². The summed E-state index contributed by atoms with van der Waals surface area (Å²) in [6, 6.07) is 9.52. The van der Waals surface area contributed by atoms with Crippen molar-refractivity contribution in [3.05, 3.63) is 58.4 Å². The Morgan fingerprint density at radius 2 is 1.92 bits per heavy atom. The second-order valence-corrected chi connectivity index (χ2v) is 6.43. The van der Waals surface area contributed by atoms with E-state index in [1.807, 2.05) is 51.2 Å². The summed E-state index contributed by atoms with van der Waals surface area (Å²) in [5.74, 6) is 2.27. The fraction of sp³-hybridized carbons (Fsp3) is 0.333. The second kappa shape index (κ2) is 6.79. The Labute approximate surface area is 146 Å². The van der Waals surface area contributed by atoms with E-state index in [1.54, 1.807) is 0 Å². The van der Waals surface area contributed by atoms with E-state index in [4.69, 9.17) is 20.5 Å². The number of oxazole rings is 1. The highest BCUT2D eigenvalue weighted by Crippen LogP contribution is 2.29. The van der Waals surface area contributed by atoms with Gasteiger partial charge in [0.05, 0.1) is 17.4 Å². The van der Waals surface area contributed by atoms with Gasteiger partial charge in [0, 0.05) is 23.2 Å². The minimum absolute atomic E-state index is 0.0155. The van der Waals surface area contributed by atoms with Crippen molar-refractivity contribution in [2.45, 2.75) is 33.4 Å². The van der Waals surface area contributed by atoms with Crippen LogP contribution < -0.4 is 0 Å². The zero-order valence-electron chi connectivity index (χ0n) is 14.2. The summed E-state index contributed by atoms with van der Waals surface area (Å²) in [4.78, 5) is 6.71. The maximum Gasteiger partial charge on any atom is 0.212 e. The number of benzene rings is 1. The zero-order chi connectivity index (χ0) is 17.3. The van der Waals surface area contributed by atoms with Crippen molar-refractivity contribution in [2.75, 3.05) is 7.05 Å². The molecule has 0 spiro atoms. The average molecular weight is 346 g/mol. The van der Waals surface area contributed by atoms with E-state index in [0.29, 0.717) is 17.5 Å². The topological polar surface area (TPSA) is 55.3 Å². The predicted octanol–water partition coefficient (Wildman–Crippen LogP) is 4.79. The van der Waals surface area contributed by atoms with Gasteiger partial charge >= 0.3 is 0 Å². The van der Waals surface area contributed by atoms with Crippen LogP contribution in [0.4, 0.5) is 0 Å². The molecular weight excluding hydrogens is 326 g/mol. The van der Waals surface area contributed by atoms with Crippen LogP contribution in [0.25, 0.3) is 11.3 Å². The number of rotatable bonds is 5. The van der Waals surface area contributed by atoms with Crippen LogP contribution in [0.2, 0.25) is 5.02 Å². The van der Waals surface area contributed by atoms with E-state index in [1.165, 1.54) is 0 Å². The molecule has 0 saturated heterocycles. The van der Waals surface area contributed by atoms with Crippen LogP contribution in [0, 0.1) is 13.8 Å². The molecule has 0 unspecified atom stereocenters. The summed E-state index contributed by atoms with van der Waals surface area (Å²) in [5.41, 5.74) is 2.73. The van der Waals surface area contributed by atoms with E-state index in [-0.39, 0.29) is 6.04 Å². The average Bonchev–Trinajstić information content (AvgIpc) is 3.13. The molecule has 0 bridgehead atoms. The number of aryl methyl sites for hydroxylation is 2. The largest absolute Gasteiger partial charge is 0.439 e. The van der Waals surface area contributed by atoms with Gasteiger partial charge in [0.25, 0.3) is 0 Å². The Hall–Kier alpha value is -2.11. The molecule has 0 radical (unpaired) electrons. The molecule has 1 atom stereocenters. The molecule has 0 amide bonds. The van der Waals surface area contributed by atoms with Crippen LogP contribution in [0.15, 0.2) is 39.3 Å². The fourth-order valence-corrected chi connectivity index (χ4v) is 2.66. The van der Waals surface area contributed by atoms with Gasteiger partial charge in [-0.3, -0.25) is 4.90 Å². The molecule has 0 aliphatic heterocycles. The van der Waals surface area contributed by atoms with Gasteiger partial charge in [0.15, 0.2) is 5.76 Å². The smallest absolute Gasteiger partial charge is 0.212 e.